The highest BCUT2D eigenvalue weighted by molar-refractivity contribution is 5.93. The van der Waals surface area contributed by atoms with Crippen molar-refractivity contribution in [2.45, 2.75) is 32.4 Å². The Labute approximate surface area is 91.1 Å². The van der Waals surface area contributed by atoms with Crippen molar-refractivity contribution in [3.8, 4) is 0 Å². The van der Waals surface area contributed by atoms with E-state index in [4.69, 9.17) is 4.74 Å². The van der Waals surface area contributed by atoms with E-state index in [0.29, 0.717) is 0 Å². The van der Waals surface area contributed by atoms with Crippen LogP contribution in [-0.2, 0) is 9.53 Å². The molecule has 1 amide bonds. The van der Waals surface area contributed by atoms with Crippen molar-refractivity contribution >= 4 is 5.91 Å². The first-order chi connectivity index (χ1) is 7.19. The van der Waals surface area contributed by atoms with Crippen LogP contribution in [0.5, 0.6) is 0 Å². The zero-order valence-electron chi connectivity index (χ0n) is 9.67. The van der Waals surface area contributed by atoms with E-state index >= 15 is 0 Å². The minimum atomic E-state index is 0.00704. The van der Waals surface area contributed by atoms with Gasteiger partial charge in [0.1, 0.15) is 0 Å². The molecule has 1 aliphatic heterocycles. The molecule has 2 N–H and O–H groups in total. The van der Waals surface area contributed by atoms with Crippen molar-refractivity contribution in [2.24, 2.45) is 0 Å². The topological polar surface area (TPSA) is 50.4 Å². The Bertz CT molecular complexity index is 251. The average Bonchev–Trinajstić information content (AvgIpc) is 2.65. The number of amides is 1. The molecule has 4 heteroatoms. The zero-order valence-corrected chi connectivity index (χ0v) is 9.67. The number of rotatable bonds is 4. The molecule has 0 bridgehead atoms. The summed E-state index contributed by atoms with van der Waals surface area (Å²) in [6.45, 7) is 5.44. The summed E-state index contributed by atoms with van der Waals surface area (Å²) in [5, 5.41) is 6.16. The summed E-state index contributed by atoms with van der Waals surface area (Å²) in [5.41, 5.74) is 0.777. The number of hydrogen-bond acceptors (Lipinski definition) is 3. The smallest absolute Gasteiger partial charge is 0.246 e. The van der Waals surface area contributed by atoms with E-state index < -0.39 is 0 Å². The fourth-order valence-electron chi connectivity index (χ4n) is 1.73. The zero-order chi connectivity index (χ0) is 11.3. The van der Waals surface area contributed by atoms with Crippen molar-refractivity contribution in [1.82, 2.24) is 10.6 Å². The van der Waals surface area contributed by atoms with Gasteiger partial charge in [0, 0.05) is 25.8 Å². The minimum absolute atomic E-state index is 0.00704. The van der Waals surface area contributed by atoms with Crippen LogP contribution in [0.15, 0.2) is 11.6 Å². The molecule has 2 unspecified atom stereocenters. The molecule has 1 fully saturated rings. The van der Waals surface area contributed by atoms with Crippen LogP contribution < -0.4 is 10.6 Å². The van der Waals surface area contributed by atoms with Crippen LogP contribution in [0.2, 0.25) is 0 Å². The number of ether oxygens (including phenoxy) is 1. The molecular formula is C11H20N2O2. The van der Waals surface area contributed by atoms with Gasteiger partial charge in [-0.2, -0.15) is 0 Å². The average molecular weight is 212 g/mol. The van der Waals surface area contributed by atoms with Gasteiger partial charge in [0.05, 0.1) is 12.1 Å². The molecule has 2 atom stereocenters. The molecule has 15 heavy (non-hydrogen) atoms. The molecule has 0 spiro atoms. The number of allylic oxidation sites excluding steroid dienone is 1. The van der Waals surface area contributed by atoms with E-state index in [0.717, 1.165) is 25.1 Å². The van der Waals surface area contributed by atoms with Gasteiger partial charge in [-0.15, -0.1) is 0 Å². The van der Waals surface area contributed by atoms with Gasteiger partial charge in [-0.1, -0.05) is 13.0 Å². The second-order valence-electron chi connectivity index (χ2n) is 3.81. The van der Waals surface area contributed by atoms with Gasteiger partial charge >= 0.3 is 0 Å². The van der Waals surface area contributed by atoms with Gasteiger partial charge in [0.25, 0.3) is 0 Å². The van der Waals surface area contributed by atoms with E-state index in [1.807, 2.05) is 19.9 Å². The van der Waals surface area contributed by atoms with Gasteiger partial charge in [-0.25, -0.2) is 0 Å². The summed E-state index contributed by atoms with van der Waals surface area (Å²) in [5.74, 6) is 0.00704. The fourth-order valence-corrected chi connectivity index (χ4v) is 1.73. The van der Waals surface area contributed by atoms with E-state index in [9.17, 15) is 4.79 Å². The van der Waals surface area contributed by atoms with Crippen molar-refractivity contribution in [3.63, 3.8) is 0 Å². The quantitative estimate of drug-likeness (QED) is 0.665. The number of carbonyl (C=O) groups is 1. The maximum absolute atomic E-state index is 11.7. The van der Waals surface area contributed by atoms with Gasteiger partial charge in [-0.05, 0) is 13.3 Å². The number of nitrogens with one attached hydrogen (secondary N) is 2. The predicted octanol–water partition coefficient (Wildman–Crippen LogP) is 0.446. The van der Waals surface area contributed by atoms with Crippen molar-refractivity contribution < 1.29 is 9.53 Å². The first kappa shape index (κ1) is 12.2. The third-order valence-electron chi connectivity index (χ3n) is 2.65. The van der Waals surface area contributed by atoms with Crippen LogP contribution in [0.4, 0.5) is 0 Å². The minimum Gasteiger partial charge on any atom is -0.378 e. The van der Waals surface area contributed by atoms with Crippen LogP contribution in [0.3, 0.4) is 0 Å². The summed E-state index contributed by atoms with van der Waals surface area (Å²) in [4.78, 5) is 11.7. The lowest BCUT2D eigenvalue weighted by Crippen LogP contribution is -2.43. The van der Waals surface area contributed by atoms with Crippen molar-refractivity contribution in [2.75, 3.05) is 20.2 Å². The summed E-state index contributed by atoms with van der Waals surface area (Å²) >= 11 is 0. The second-order valence-corrected chi connectivity index (χ2v) is 3.81. The summed E-state index contributed by atoms with van der Waals surface area (Å²) < 4.78 is 5.27. The Kier molecular flexibility index (Phi) is 4.78. The van der Waals surface area contributed by atoms with Crippen LogP contribution in [0.25, 0.3) is 0 Å². The van der Waals surface area contributed by atoms with Crippen LogP contribution in [0.1, 0.15) is 20.3 Å². The Morgan fingerprint density at radius 1 is 1.60 bits per heavy atom. The molecule has 86 valence electrons. The normalized spacial score (nSPS) is 26.7. The monoisotopic (exact) mass is 212 g/mol. The Hall–Kier alpha value is -0.870. The Balaban J connectivity index is 2.47. The third kappa shape index (κ3) is 3.32. The lowest BCUT2D eigenvalue weighted by atomic mass is 10.2. The van der Waals surface area contributed by atoms with E-state index in [1.165, 1.54) is 0 Å². The van der Waals surface area contributed by atoms with E-state index in [1.54, 1.807) is 7.11 Å². The molecule has 1 heterocycles. The number of hydrogen-bond donors (Lipinski definition) is 2. The van der Waals surface area contributed by atoms with E-state index in [2.05, 4.69) is 10.6 Å². The van der Waals surface area contributed by atoms with Crippen molar-refractivity contribution in [3.05, 3.63) is 11.6 Å². The second kappa shape index (κ2) is 5.88. The van der Waals surface area contributed by atoms with Gasteiger partial charge in [-0.3, -0.25) is 4.79 Å². The predicted molar refractivity (Wildman–Crippen MR) is 59.6 cm³/mol. The highest BCUT2D eigenvalue weighted by Crippen LogP contribution is 2.05. The molecule has 1 saturated heterocycles. The lowest BCUT2D eigenvalue weighted by Gasteiger charge is -2.18. The fraction of sp³-hybridized carbons (Fsp3) is 0.727. The van der Waals surface area contributed by atoms with Crippen LogP contribution in [0, 0.1) is 0 Å². The number of methoxy groups -OCH3 is 1. The molecule has 0 saturated carbocycles. The molecule has 0 aromatic carbocycles. The summed E-state index contributed by atoms with van der Waals surface area (Å²) in [6.07, 6.45) is 2.90. The maximum Gasteiger partial charge on any atom is 0.246 e. The molecule has 1 aliphatic rings. The summed E-state index contributed by atoms with van der Waals surface area (Å²) in [7, 11) is 1.67. The highest BCUT2D eigenvalue weighted by atomic mass is 16.5. The summed E-state index contributed by atoms with van der Waals surface area (Å²) in [6, 6.07) is 0.0858. The van der Waals surface area contributed by atoms with Gasteiger partial charge in [0.15, 0.2) is 0 Å². The number of carbonyl (C=O) groups excluding carboxylic acids is 1. The SMILES string of the molecule is CC/C=C(\C)C(=O)NC1CNCC1OC. The van der Waals surface area contributed by atoms with Crippen LogP contribution >= 0.6 is 0 Å². The van der Waals surface area contributed by atoms with E-state index in [-0.39, 0.29) is 18.1 Å². The molecule has 0 aliphatic carbocycles. The van der Waals surface area contributed by atoms with Crippen molar-refractivity contribution in [1.29, 1.82) is 0 Å². The Morgan fingerprint density at radius 2 is 2.33 bits per heavy atom. The molecular weight excluding hydrogens is 192 g/mol. The third-order valence-corrected chi connectivity index (χ3v) is 2.65. The molecule has 0 radical (unpaired) electrons. The molecule has 1 rings (SSSR count). The Morgan fingerprint density at radius 3 is 2.93 bits per heavy atom. The highest BCUT2D eigenvalue weighted by Gasteiger charge is 2.28. The molecule has 4 nitrogen and oxygen atoms in total. The molecule has 0 aromatic heterocycles. The maximum atomic E-state index is 11.7. The van der Waals surface area contributed by atoms with Gasteiger partial charge < -0.3 is 15.4 Å². The lowest BCUT2D eigenvalue weighted by molar-refractivity contribution is -0.118. The largest absolute Gasteiger partial charge is 0.378 e. The molecule has 0 aromatic rings. The first-order valence-electron chi connectivity index (χ1n) is 5.40. The standard InChI is InChI=1S/C11H20N2O2/c1-4-5-8(2)11(14)13-9-6-12-7-10(9)15-3/h5,9-10,12H,4,6-7H2,1-3H3,(H,13,14)/b8-5+. The first-order valence-corrected chi connectivity index (χ1v) is 5.40. The van der Waals surface area contributed by atoms with Gasteiger partial charge in [0.2, 0.25) is 5.91 Å². The van der Waals surface area contributed by atoms with Crippen LogP contribution in [-0.4, -0.2) is 38.3 Å².